The van der Waals surface area contributed by atoms with Crippen LogP contribution in [0.25, 0.3) is 0 Å². The van der Waals surface area contributed by atoms with E-state index in [9.17, 15) is 17.2 Å². The lowest BCUT2D eigenvalue weighted by Gasteiger charge is -2.11. The fourth-order valence-corrected chi connectivity index (χ4v) is 2.03. The predicted octanol–water partition coefficient (Wildman–Crippen LogP) is 0.946. The summed E-state index contributed by atoms with van der Waals surface area (Å²) >= 11 is 0. The van der Waals surface area contributed by atoms with Gasteiger partial charge in [-0.3, -0.25) is 0 Å². The Hall–Kier alpha value is -1.05. The van der Waals surface area contributed by atoms with Gasteiger partial charge in [-0.15, -0.1) is 0 Å². The molecule has 0 bridgehead atoms. The molecule has 1 aromatic rings. The molecule has 0 fully saturated rings. The molecule has 0 heterocycles. The van der Waals surface area contributed by atoms with Crippen LogP contribution in [0, 0.1) is 11.6 Å². The Labute approximate surface area is 106 Å². The van der Waals surface area contributed by atoms with Crippen molar-refractivity contribution in [3.8, 4) is 0 Å². The first-order valence-corrected chi connectivity index (χ1v) is 6.98. The van der Waals surface area contributed by atoms with Crippen LogP contribution < -0.4 is 5.32 Å². The second kappa shape index (κ2) is 6.21. The molecule has 4 nitrogen and oxygen atoms in total. The number of halogens is 2. The van der Waals surface area contributed by atoms with Gasteiger partial charge in [-0.1, -0.05) is 6.07 Å². The molecule has 18 heavy (non-hydrogen) atoms. The van der Waals surface area contributed by atoms with Crippen molar-refractivity contribution in [2.45, 2.75) is 6.54 Å². The minimum atomic E-state index is -3.23. The summed E-state index contributed by atoms with van der Waals surface area (Å²) < 4.78 is 49.5. The van der Waals surface area contributed by atoms with Crippen molar-refractivity contribution in [2.24, 2.45) is 0 Å². The summed E-state index contributed by atoms with van der Waals surface area (Å²) in [5.74, 6) is -1.84. The summed E-state index contributed by atoms with van der Waals surface area (Å²) in [6.07, 6.45) is 0. The first-order chi connectivity index (χ1) is 8.33. The molecule has 102 valence electrons. The van der Waals surface area contributed by atoms with Gasteiger partial charge in [0, 0.05) is 27.2 Å². The Morgan fingerprint density at radius 1 is 1.22 bits per heavy atom. The van der Waals surface area contributed by atoms with Crippen molar-refractivity contribution in [1.29, 1.82) is 0 Å². The smallest absolute Gasteiger partial charge is 0.214 e. The van der Waals surface area contributed by atoms with E-state index in [1.54, 1.807) is 0 Å². The molecule has 0 aliphatic heterocycles. The van der Waals surface area contributed by atoms with E-state index >= 15 is 0 Å². The monoisotopic (exact) mass is 278 g/mol. The minimum absolute atomic E-state index is 0.0380. The van der Waals surface area contributed by atoms with E-state index in [1.807, 2.05) is 0 Å². The number of nitrogens with one attached hydrogen (secondary N) is 1. The molecule has 0 aromatic heterocycles. The molecule has 1 N–H and O–H groups in total. The van der Waals surface area contributed by atoms with E-state index in [0.717, 1.165) is 16.4 Å². The maximum Gasteiger partial charge on any atom is 0.214 e. The average molecular weight is 278 g/mol. The quantitative estimate of drug-likeness (QED) is 0.788. The number of sulfonamides is 1. The van der Waals surface area contributed by atoms with Crippen LogP contribution >= 0.6 is 0 Å². The highest BCUT2D eigenvalue weighted by atomic mass is 32.2. The second-order valence-corrected chi connectivity index (χ2v) is 6.33. The van der Waals surface area contributed by atoms with Crippen LogP contribution in [0.5, 0.6) is 0 Å². The highest BCUT2D eigenvalue weighted by Gasteiger charge is 2.12. The van der Waals surface area contributed by atoms with Gasteiger partial charge in [0.1, 0.15) is 0 Å². The molecule has 1 rings (SSSR count). The van der Waals surface area contributed by atoms with Crippen molar-refractivity contribution in [3.05, 3.63) is 35.4 Å². The molecule has 0 radical (unpaired) electrons. The molecule has 0 saturated heterocycles. The molecule has 0 aliphatic rings. The Kier molecular flexibility index (Phi) is 5.18. The summed E-state index contributed by atoms with van der Waals surface area (Å²) in [5.41, 5.74) is 0.566. The Bertz CT molecular complexity index is 504. The van der Waals surface area contributed by atoms with Crippen molar-refractivity contribution in [1.82, 2.24) is 9.62 Å². The van der Waals surface area contributed by atoms with Gasteiger partial charge >= 0.3 is 0 Å². The highest BCUT2D eigenvalue weighted by molar-refractivity contribution is 7.89. The van der Waals surface area contributed by atoms with Gasteiger partial charge in [-0.25, -0.2) is 21.5 Å². The van der Waals surface area contributed by atoms with Crippen LogP contribution in [-0.4, -0.2) is 39.1 Å². The van der Waals surface area contributed by atoms with Crippen molar-refractivity contribution < 1.29 is 17.2 Å². The van der Waals surface area contributed by atoms with Gasteiger partial charge in [-0.05, 0) is 17.7 Å². The lowest BCUT2D eigenvalue weighted by Crippen LogP contribution is -2.31. The van der Waals surface area contributed by atoms with Crippen LogP contribution in [0.3, 0.4) is 0 Å². The molecule has 0 amide bonds. The van der Waals surface area contributed by atoms with Gasteiger partial charge in [0.15, 0.2) is 11.6 Å². The number of rotatable bonds is 6. The van der Waals surface area contributed by atoms with Gasteiger partial charge in [0.05, 0.1) is 5.75 Å². The predicted molar refractivity (Wildman–Crippen MR) is 65.5 cm³/mol. The lowest BCUT2D eigenvalue weighted by molar-refractivity contribution is 0.505. The van der Waals surface area contributed by atoms with Crippen molar-refractivity contribution in [3.63, 3.8) is 0 Å². The van der Waals surface area contributed by atoms with Crippen LogP contribution in [0.4, 0.5) is 8.78 Å². The van der Waals surface area contributed by atoms with E-state index in [4.69, 9.17) is 0 Å². The third-order valence-corrected chi connectivity index (χ3v) is 4.24. The topological polar surface area (TPSA) is 49.4 Å². The molecule has 0 saturated carbocycles. The van der Waals surface area contributed by atoms with Crippen LogP contribution in [0.2, 0.25) is 0 Å². The van der Waals surface area contributed by atoms with E-state index in [0.29, 0.717) is 12.1 Å². The van der Waals surface area contributed by atoms with Crippen LogP contribution in [0.15, 0.2) is 18.2 Å². The minimum Gasteiger partial charge on any atom is -0.312 e. The van der Waals surface area contributed by atoms with Gasteiger partial charge < -0.3 is 5.32 Å². The zero-order chi connectivity index (χ0) is 13.8. The second-order valence-electron chi connectivity index (χ2n) is 4.02. The number of hydrogen-bond acceptors (Lipinski definition) is 3. The first kappa shape index (κ1) is 15.0. The zero-order valence-electron chi connectivity index (χ0n) is 10.3. The van der Waals surface area contributed by atoms with Gasteiger partial charge in [0.2, 0.25) is 10.0 Å². The normalized spacial score (nSPS) is 12.1. The fourth-order valence-electron chi connectivity index (χ4n) is 1.27. The summed E-state index contributed by atoms with van der Waals surface area (Å²) in [7, 11) is -0.305. The molecule has 0 spiro atoms. The maximum atomic E-state index is 12.9. The van der Waals surface area contributed by atoms with Crippen molar-refractivity contribution >= 4 is 10.0 Å². The summed E-state index contributed by atoms with van der Waals surface area (Å²) in [6.45, 7) is 0.541. The fraction of sp³-hybridized carbons (Fsp3) is 0.455. The molecule has 0 aliphatic carbocycles. The van der Waals surface area contributed by atoms with Crippen molar-refractivity contribution in [2.75, 3.05) is 26.4 Å². The van der Waals surface area contributed by atoms with Crippen LogP contribution in [0.1, 0.15) is 5.56 Å². The molecule has 7 heteroatoms. The van der Waals surface area contributed by atoms with E-state index in [-0.39, 0.29) is 12.3 Å². The van der Waals surface area contributed by atoms with E-state index < -0.39 is 21.7 Å². The molecule has 0 unspecified atom stereocenters. The standard InChI is InChI=1S/C11H16F2N2O2S/c1-15(2)18(16,17)6-5-14-8-9-3-4-10(12)11(13)7-9/h3-4,7,14H,5-6,8H2,1-2H3. The third kappa shape index (κ3) is 4.32. The lowest BCUT2D eigenvalue weighted by atomic mass is 10.2. The molecule has 0 atom stereocenters. The molecule has 1 aromatic carbocycles. The Balaban J connectivity index is 2.41. The van der Waals surface area contributed by atoms with E-state index in [1.165, 1.54) is 20.2 Å². The van der Waals surface area contributed by atoms with Crippen LogP contribution in [-0.2, 0) is 16.6 Å². The maximum absolute atomic E-state index is 12.9. The largest absolute Gasteiger partial charge is 0.312 e. The van der Waals surface area contributed by atoms with E-state index in [2.05, 4.69) is 5.32 Å². The summed E-state index contributed by atoms with van der Waals surface area (Å²) in [4.78, 5) is 0. The van der Waals surface area contributed by atoms with Gasteiger partial charge in [0.25, 0.3) is 0 Å². The molecular weight excluding hydrogens is 262 g/mol. The van der Waals surface area contributed by atoms with Gasteiger partial charge in [-0.2, -0.15) is 0 Å². The SMILES string of the molecule is CN(C)S(=O)(=O)CCNCc1ccc(F)c(F)c1. The summed E-state index contributed by atoms with van der Waals surface area (Å²) in [6, 6.07) is 3.58. The molecular formula is C11H16F2N2O2S. The zero-order valence-corrected chi connectivity index (χ0v) is 11.1. The number of benzene rings is 1. The Morgan fingerprint density at radius 3 is 2.44 bits per heavy atom. The number of nitrogens with zero attached hydrogens (tertiary/aromatic N) is 1. The third-order valence-electron chi connectivity index (χ3n) is 2.41. The average Bonchev–Trinajstić information content (AvgIpc) is 2.29. The summed E-state index contributed by atoms with van der Waals surface area (Å²) in [5, 5.41) is 2.86. The Morgan fingerprint density at radius 2 is 1.89 bits per heavy atom. The highest BCUT2D eigenvalue weighted by Crippen LogP contribution is 2.08. The first-order valence-electron chi connectivity index (χ1n) is 5.38. The number of hydrogen-bond donors (Lipinski definition) is 1.